The summed E-state index contributed by atoms with van der Waals surface area (Å²) in [5.41, 5.74) is 7.25. The van der Waals surface area contributed by atoms with Gasteiger partial charge in [-0.15, -0.1) is 0 Å². The van der Waals surface area contributed by atoms with E-state index in [1.54, 1.807) is 18.6 Å². The van der Waals surface area contributed by atoms with Gasteiger partial charge in [0, 0.05) is 100 Å². The van der Waals surface area contributed by atoms with Gasteiger partial charge < -0.3 is 5.32 Å². The molecule has 0 saturated heterocycles. The van der Waals surface area contributed by atoms with Crippen LogP contribution in [0.25, 0.3) is 0 Å². The number of anilines is 1. The minimum Gasteiger partial charge on any atom is -0.322 e. The van der Waals surface area contributed by atoms with Crippen molar-refractivity contribution >= 4 is 11.6 Å². The molecule has 1 N–H and O–H groups in total. The third-order valence-corrected chi connectivity index (χ3v) is 8.18. The summed E-state index contributed by atoms with van der Waals surface area (Å²) < 4.78 is 0. The molecular formula is C40H40N8O. The Kier molecular flexibility index (Phi) is 11.9. The van der Waals surface area contributed by atoms with Crippen molar-refractivity contribution in [2.45, 2.75) is 39.0 Å². The molecule has 5 aromatic heterocycles. The molecule has 0 radical (unpaired) electrons. The fourth-order valence-electron chi connectivity index (χ4n) is 5.61. The molecule has 0 fully saturated rings. The molecule has 0 unspecified atom stereocenters. The van der Waals surface area contributed by atoms with E-state index >= 15 is 0 Å². The second kappa shape index (κ2) is 17.5. The maximum Gasteiger partial charge on any atom is 0.257 e. The molecule has 0 atom stereocenters. The fraction of sp³-hybridized carbons (Fsp3) is 0.200. The number of aromatic nitrogens is 5. The van der Waals surface area contributed by atoms with E-state index in [0.29, 0.717) is 31.7 Å². The van der Waals surface area contributed by atoms with Crippen molar-refractivity contribution in [3.8, 4) is 0 Å². The van der Waals surface area contributed by atoms with E-state index in [1.165, 1.54) is 0 Å². The number of carbonyl (C=O) groups is 1. The first-order chi connectivity index (χ1) is 24.2. The molecule has 0 aliphatic carbocycles. The number of hydrogen-bond donors (Lipinski definition) is 1. The van der Waals surface area contributed by atoms with Crippen molar-refractivity contribution in [3.63, 3.8) is 0 Å². The molecule has 0 aliphatic rings. The highest BCUT2D eigenvalue weighted by Gasteiger charge is 2.15. The summed E-state index contributed by atoms with van der Waals surface area (Å²) in [7, 11) is 0. The Hall–Kier alpha value is -5.64. The van der Waals surface area contributed by atoms with Gasteiger partial charge >= 0.3 is 0 Å². The van der Waals surface area contributed by atoms with Gasteiger partial charge in [-0.2, -0.15) is 0 Å². The quantitative estimate of drug-likeness (QED) is 0.129. The van der Waals surface area contributed by atoms with Gasteiger partial charge in [-0.3, -0.25) is 39.5 Å². The molecule has 6 rings (SSSR count). The summed E-state index contributed by atoms with van der Waals surface area (Å²) in [6, 6.07) is 35.6. The number of amides is 1. The van der Waals surface area contributed by atoms with E-state index in [2.05, 4.69) is 58.2 Å². The first kappa shape index (κ1) is 33.3. The van der Waals surface area contributed by atoms with Crippen molar-refractivity contribution < 1.29 is 4.79 Å². The minimum absolute atomic E-state index is 0.196. The lowest BCUT2D eigenvalue weighted by Crippen LogP contribution is -2.29. The van der Waals surface area contributed by atoms with Crippen molar-refractivity contribution in [2.75, 3.05) is 18.4 Å². The summed E-state index contributed by atoms with van der Waals surface area (Å²) in [5, 5.41) is 3.15. The van der Waals surface area contributed by atoms with Crippen LogP contribution in [0.1, 0.15) is 44.4 Å². The number of para-hydroxylation sites is 1. The lowest BCUT2D eigenvalue weighted by molar-refractivity contribution is 0.102. The van der Waals surface area contributed by atoms with Crippen molar-refractivity contribution in [2.24, 2.45) is 0 Å². The Morgan fingerprint density at radius 3 is 1.47 bits per heavy atom. The number of nitrogens with one attached hydrogen (secondary N) is 1. The molecule has 9 heteroatoms. The molecule has 1 aromatic carbocycles. The first-order valence-electron chi connectivity index (χ1n) is 16.6. The van der Waals surface area contributed by atoms with Crippen LogP contribution in [-0.2, 0) is 39.0 Å². The van der Waals surface area contributed by atoms with Gasteiger partial charge in [-0.25, -0.2) is 0 Å². The Morgan fingerprint density at radius 2 is 0.980 bits per heavy atom. The van der Waals surface area contributed by atoms with Gasteiger partial charge in [-0.05, 0) is 72.3 Å². The largest absolute Gasteiger partial charge is 0.322 e. The summed E-state index contributed by atoms with van der Waals surface area (Å²) in [5.74, 6) is -0.196. The maximum atomic E-state index is 13.5. The second-order valence-electron chi connectivity index (χ2n) is 11.9. The fourth-order valence-corrected chi connectivity index (χ4v) is 5.61. The van der Waals surface area contributed by atoms with Gasteiger partial charge in [0.15, 0.2) is 0 Å². The van der Waals surface area contributed by atoms with E-state index in [9.17, 15) is 4.79 Å². The summed E-state index contributed by atoms with van der Waals surface area (Å²) in [6.07, 6.45) is 10.6. The third-order valence-electron chi connectivity index (χ3n) is 8.18. The lowest BCUT2D eigenvalue weighted by atomic mass is 10.1. The van der Waals surface area contributed by atoms with Crippen LogP contribution in [-0.4, -0.2) is 53.7 Å². The summed E-state index contributed by atoms with van der Waals surface area (Å²) >= 11 is 0. The number of hydrogen-bond acceptors (Lipinski definition) is 8. The lowest BCUT2D eigenvalue weighted by Gasteiger charge is -2.24. The molecule has 0 bridgehead atoms. The third kappa shape index (κ3) is 10.4. The Bertz CT molecular complexity index is 1770. The highest BCUT2D eigenvalue weighted by molar-refractivity contribution is 6.04. The monoisotopic (exact) mass is 648 g/mol. The molecule has 0 aliphatic heterocycles. The standard InChI is InChI=1S/C40H40N8O/c49-40(32-17-18-38(45-27-32)31-48(29-36-14-5-9-23-43-36)30-37-15-6-10-24-44-37)46-39-16-2-1-11-33(39)28-47(25-19-34-12-3-7-21-41-34)26-20-35-13-4-8-22-42-35/h1-18,21-24,27H,19-20,25-26,28-31H2,(H,46,49). The topological polar surface area (TPSA) is 100 Å². The van der Waals surface area contributed by atoms with Gasteiger partial charge in [0.2, 0.25) is 0 Å². The Morgan fingerprint density at radius 1 is 0.490 bits per heavy atom. The molecule has 9 nitrogen and oxygen atoms in total. The van der Waals surface area contributed by atoms with Crippen LogP contribution in [0.15, 0.2) is 140 Å². The van der Waals surface area contributed by atoms with Gasteiger partial charge in [0.1, 0.15) is 0 Å². The average Bonchev–Trinajstić information content (AvgIpc) is 3.15. The van der Waals surface area contributed by atoms with Gasteiger partial charge in [0.25, 0.3) is 5.91 Å². The number of pyridine rings is 5. The number of benzene rings is 1. The Balaban J connectivity index is 1.11. The molecule has 0 saturated carbocycles. The maximum absolute atomic E-state index is 13.5. The highest BCUT2D eigenvalue weighted by atomic mass is 16.1. The van der Waals surface area contributed by atoms with Crippen molar-refractivity contribution in [1.29, 1.82) is 0 Å². The van der Waals surface area contributed by atoms with Crippen LogP contribution in [0, 0.1) is 0 Å². The molecule has 0 spiro atoms. The minimum atomic E-state index is -0.196. The predicted molar refractivity (Wildman–Crippen MR) is 191 cm³/mol. The van der Waals surface area contributed by atoms with Crippen LogP contribution in [0.4, 0.5) is 5.69 Å². The number of rotatable bonds is 16. The van der Waals surface area contributed by atoms with E-state index in [-0.39, 0.29) is 5.91 Å². The van der Waals surface area contributed by atoms with Gasteiger partial charge in [-0.1, -0.05) is 42.5 Å². The molecule has 6 aromatic rings. The van der Waals surface area contributed by atoms with E-state index in [4.69, 9.17) is 0 Å². The van der Waals surface area contributed by atoms with E-state index < -0.39 is 0 Å². The zero-order valence-electron chi connectivity index (χ0n) is 27.5. The molecular weight excluding hydrogens is 608 g/mol. The molecule has 1 amide bonds. The van der Waals surface area contributed by atoms with Gasteiger partial charge in [0.05, 0.1) is 22.6 Å². The van der Waals surface area contributed by atoms with Crippen molar-refractivity contribution in [3.05, 3.63) is 180 Å². The average molecular weight is 649 g/mol. The number of nitrogens with zero attached hydrogens (tertiary/aromatic N) is 7. The SMILES string of the molecule is O=C(Nc1ccccc1CN(CCc1ccccn1)CCc1ccccn1)c1ccc(CN(Cc2ccccn2)Cc2ccccn2)nc1. The van der Waals surface area contributed by atoms with Crippen LogP contribution in [0.3, 0.4) is 0 Å². The smallest absolute Gasteiger partial charge is 0.257 e. The zero-order valence-corrected chi connectivity index (χ0v) is 27.5. The Labute approximate surface area is 287 Å². The normalized spacial score (nSPS) is 11.1. The summed E-state index contributed by atoms with van der Waals surface area (Å²) in [4.78, 5) is 40.8. The molecule has 246 valence electrons. The summed E-state index contributed by atoms with van der Waals surface area (Å²) in [6.45, 7) is 4.22. The van der Waals surface area contributed by atoms with Crippen LogP contribution < -0.4 is 5.32 Å². The van der Waals surface area contributed by atoms with Crippen molar-refractivity contribution in [1.82, 2.24) is 34.7 Å². The van der Waals surface area contributed by atoms with Crippen LogP contribution in [0.5, 0.6) is 0 Å². The van der Waals surface area contributed by atoms with E-state index in [1.807, 2.05) is 103 Å². The number of carbonyl (C=O) groups excluding carboxylic acids is 1. The predicted octanol–water partition coefficient (Wildman–Crippen LogP) is 6.40. The second-order valence-corrected chi connectivity index (χ2v) is 11.9. The van der Waals surface area contributed by atoms with E-state index in [0.717, 1.165) is 65.7 Å². The zero-order chi connectivity index (χ0) is 33.5. The molecule has 49 heavy (non-hydrogen) atoms. The molecule has 5 heterocycles. The highest BCUT2D eigenvalue weighted by Crippen LogP contribution is 2.20. The van der Waals surface area contributed by atoms with Crippen LogP contribution in [0.2, 0.25) is 0 Å². The van der Waals surface area contributed by atoms with Crippen LogP contribution >= 0.6 is 0 Å². The first-order valence-corrected chi connectivity index (χ1v) is 16.6.